The van der Waals surface area contributed by atoms with Crippen molar-refractivity contribution in [1.29, 1.82) is 0 Å². The number of ether oxygens (including phenoxy) is 1. The summed E-state index contributed by atoms with van der Waals surface area (Å²) in [6.07, 6.45) is 3.26. The normalized spacial score (nSPS) is 11.7. The number of benzene rings is 3. The number of nitrogens with zero attached hydrogens (tertiary/aromatic N) is 1. The van der Waals surface area contributed by atoms with E-state index >= 15 is 4.39 Å². The number of aromatic nitrogens is 1. The molecule has 36 heavy (non-hydrogen) atoms. The molecule has 6 heteroatoms. The van der Waals surface area contributed by atoms with Crippen LogP contribution in [0.15, 0.2) is 72.9 Å². The summed E-state index contributed by atoms with van der Waals surface area (Å²) in [6.45, 7) is 2.18. The van der Waals surface area contributed by atoms with Gasteiger partial charge in [0.15, 0.2) is 0 Å². The van der Waals surface area contributed by atoms with Crippen LogP contribution in [-0.2, 0) is 32.1 Å². The molecule has 0 N–H and O–H groups in total. The number of hydrogen-bond acceptors (Lipinski definition) is 2. The fourth-order valence-electron chi connectivity index (χ4n) is 4.28. The highest BCUT2D eigenvalue weighted by Crippen LogP contribution is 2.26. The molecule has 188 valence electrons. The molecule has 4 rings (SSSR count). The zero-order chi connectivity index (χ0) is 25.5. The smallest absolute Gasteiger partial charge is 0.406 e. The van der Waals surface area contributed by atoms with Crippen LogP contribution in [0.2, 0.25) is 0 Å². The molecular formula is C30H29F4NO. The molecule has 0 aliphatic rings. The van der Waals surface area contributed by atoms with Crippen molar-refractivity contribution in [2.24, 2.45) is 0 Å². The van der Waals surface area contributed by atoms with E-state index in [1.165, 1.54) is 30.5 Å². The molecule has 0 saturated carbocycles. The van der Waals surface area contributed by atoms with Gasteiger partial charge in [-0.25, -0.2) is 4.39 Å². The first kappa shape index (κ1) is 25.7. The highest BCUT2D eigenvalue weighted by molar-refractivity contribution is 5.84. The molecule has 0 radical (unpaired) electrons. The van der Waals surface area contributed by atoms with Gasteiger partial charge in [0.2, 0.25) is 0 Å². The molecule has 0 saturated heterocycles. The Kier molecular flexibility index (Phi) is 8.24. The predicted octanol–water partition coefficient (Wildman–Crippen LogP) is 8.19. The summed E-state index contributed by atoms with van der Waals surface area (Å²) in [5.41, 5.74) is 4.84. The van der Waals surface area contributed by atoms with Crippen LogP contribution in [0, 0.1) is 5.82 Å². The molecule has 0 aliphatic carbocycles. The monoisotopic (exact) mass is 495 g/mol. The van der Waals surface area contributed by atoms with Crippen LogP contribution in [0.1, 0.15) is 47.7 Å². The predicted molar refractivity (Wildman–Crippen MR) is 135 cm³/mol. The van der Waals surface area contributed by atoms with Gasteiger partial charge in [0, 0.05) is 17.3 Å². The van der Waals surface area contributed by atoms with Crippen molar-refractivity contribution < 1.29 is 22.3 Å². The minimum absolute atomic E-state index is 0.250. The van der Waals surface area contributed by atoms with E-state index in [9.17, 15) is 13.2 Å². The van der Waals surface area contributed by atoms with E-state index in [2.05, 4.69) is 28.8 Å². The van der Waals surface area contributed by atoms with Gasteiger partial charge in [0.1, 0.15) is 11.6 Å². The van der Waals surface area contributed by atoms with Crippen molar-refractivity contribution in [2.45, 2.75) is 58.2 Å². The lowest BCUT2D eigenvalue weighted by molar-refractivity contribution is -0.274. The van der Waals surface area contributed by atoms with Crippen LogP contribution in [0.4, 0.5) is 17.6 Å². The van der Waals surface area contributed by atoms with Crippen molar-refractivity contribution in [3.8, 4) is 5.75 Å². The summed E-state index contributed by atoms with van der Waals surface area (Å²) in [4.78, 5) is 4.58. The standard InChI is InChI=1S/C30H29F4NO/c1-2-3-4-23-7-15-26(35-20-23)14-6-22-10-18-28-25(19-22)13-12-24(29(28)31)11-5-21-8-16-27(17-9-21)36-30(32,33)34/h7-10,12-13,15-20H,2-6,11,14H2,1H3. The number of alkyl halides is 3. The Bertz CT molecular complexity index is 1280. The highest BCUT2D eigenvalue weighted by atomic mass is 19.4. The molecule has 0 unspecified atom stereocenters. The first-order valence-corrected chi connectivity index (χ1v) is 12.3. The van der Waals surface area contributed by atoms with Crippen molar-refractivity contribution in [2.75, 3.05) is 0 Å². The average Bonchev–Trinajstić information content (AvgIpc) is 2.86. The Morgan fingerprint density at radius 1 is 0.750 bits per heavy atom. The van der Waals surface area contributed by atoms with Gasteiger partial charge >= 0.3 is 6.36 Å². The number of unbranched alkanes of at least 4 members (excludes halogenated alkanes) is 1. The Hall–Kier alpha value is -3.41. The maximum absolute atomic E-state index is 15.2. The fraction of sp³-hybridized carbons (Fsp3) is 0.300. The number of rotatable bonds is 10. The second-order valence-electron chi connectivity index (χ2n) is 9.05. The molecule has 4 aromatic rings. The van der Waals surface area contributed by atoms with E-state index in [1.807, 2.05) is 30.5 Å². The maximum atomic E-state index is 15.2. The van der Waals surface area contributed by atoms with E-state index in [1.54, 1.807) is 18.2 Å². The first-order chi connectivity index (χ1) is 17.3. The van der Waals surface area contributed by atoms with Gasteiger partial charge in [-0.2, -0.15) is 0 Å². The summed E-state index contributed by atoms with van der Waals surface area (Å²) in [5.74, 6) is -0.515. The number of fused-ring (bicyclic) bond motifs is 1. The maximum Gasteiger partial charge on any atom is 0.573 e. The minimum Gasteiger partial charge on any atom is -0.406 e. The van der Waals surface area contributed by atoms with E-state index in [-0.39, 0.29) is 11.6 Å². The quantitative estimate of drug-likeness (QED) is 0.207. The second-order valence-corrected chi connectivity index (χ2v) is 9.05. The van der Waals surface area contributed by atoms with Crippen LogP contribution in [-0.4, -0.2) is 11.3 Å². The number of pyridine rings is 1. The van der Waals surface area contributed by atoms with Crippen LogP contribution in [0.3, 0.4) is 0 Å². The topological polar surface area (TPSA) is 22.1 Å². The van der Waals surface area contributed by atoms with Gasteiger partial charge in [-0.15, -0.1) is 13.2 Å². The molecule has 1 aromatic heterocycles. The lowest BCUT2D eigenvalue weighted by Gasteiger charge is -2.10. The third-order valence-electron chi connectivity index (χ3n) is 6.31. The molecule has 0 atom stereocenters. The van der Waals surface area contributed by atoms with Crippen LogP contribution < -0.4 is 4.74 Å². The van der Waals surface area contributed by atoms with Gasteiger partial charge < -0.3 is 4.74 Å². The zero-order valence-corrected chi connectivity index (χ0v) is 20.2. The molecule has 0 spiro atoms. The van der Waals surface area contributed by atoms with Gasteiger partial charge in [0.05, 0.1) is 0 Å². The Labute approximate surface area is 209 Å². The molecule has 2 nitrogen and oxygen atoms in total. The fourth-order valence-corrected chi connectivity index (χ4v) is 4.28. The molecule has 0 bridgehead atoms. The van der Waals surface area contributed by atoms with Crippen LogP contribution in [0.5, 0.6) is 5.75 Å². The Balaban J connectivity index is 1.36. The molecule has 3 aromatic carbocycles. The summed E-state index contributed by atoms with van der Waals surface area (Å²) < 4.78 is 56.0. The molecular weight excluding hydrogens is 466 g/mol. The number of aryl methyl sites for hydroxylation is 5. The van der Waals surface area contributed by atoms with Gasteiger partial charge in [0.25, 0.3) is 0 Å². The highest BCUT2D eigenvalue weighted by Gasteiger charge is 2.30. The lowest BCUT2D eigenvalue weighted by Crippen LogP contribution is -2.17. The second kappa shape index (κ2) is 11.5. The lowest BCUT2D eigenvalue weighted by atomic mass is 9.98. The van der Waals surface area contributed by atoms with Crippen LogP contribution >= 0.6 is 0 Å². The third-order valence-corrected chi connectivity index (χ3v) is 6.31. The number of hydrogen-bond donors (Lipinski definition) is 0. The van der Waals surface area contributed by atoms with Crippen LogP contribution in [0.25, 0.3) is 10.8 Å². The van der Waals surface area contributed by atoms with Crippen molar-refractivity contribution >= 4 is 10.8 Å². The Morgan fingerprint density at radius 3 is 2.17 bits per heavy atom. The van der Waals surface area contributed by atoms with Gasteiger partial charge in [-0.3, -0.25) is 4.98 Å². The average molecular weight is 496 g/mol. The first-order valence-electron chi connectivity index (χ1n) is 12.3. The summed E-state index contributed by atoms with van der Waals surface area (Å²) in [7, 11) is 0. The van der Waals surface area contributed by atoms with Crippen molar-refractivity contribution in [3.05, 3.63) is 107 Å². The van der Waals surface area contributed by atoms with E-state index < -0.39 is 6.36 Å². The molecule has 0 aliphatic heterocycles. The van der Waals surface area contributed by atoms with Gasteiger partial charge in [-0.05, 0) is 84.4 Å². The van der Waals surface area contributed by atoms with Crippen molar-refractivity contribution in [3.63, 3.8) is 0 Å². The zero-order valence-electron chi connectivity index (χ0n) is 20.2. The molecule has 0 fully saturated rings. The Morgan fingerprint density at radius 2 is 1.47 bits per heavy atom. The van der Waals surface area contributed by atoms with E-state index in [0.29, 0.717) is 23.8 Å². The van der Waals surface area contributed by atoms with Gasteiger partial charge in [-0.1, -0.05) is 61.9 Å². The summed E-state index contributed by atoms with van der Waals surface area (Å²) >= 11 is 0. The summed E-state index contributed by atoms with van der Waals surface area (Å²) in [6, 6.07) is 19.5. The summed E-state index contributed by atoms with van der Waals surface area (Å²) in [5, 5.41) is 1.42. The number of halogens is 4. The van der Waals surface area contributed by atoms with E-state index in [4.69, 9.17) is 0 Å². The minimum atomic E-state index is -4.72. The SMILES string of the molecule is CCCCc1ccc(CCc2ccc3c(F)c(CCc4ccc(OC(F)(F)F)cc4)ccc3c2)nc1. The van der Waals surface area contributed by atoms with E-state index in [0.717, 1.165) is 41.5 Å². The largest absolute Gasteiger partial charge is 0.573 e. The van der Waals surface area contributed by atoms with Crippen molar-refractivity contribution in [1.82, 2.24) is 4.98 Å². The third kappa shape index (κ3) is 7.06. The molecule has 1 heterocycles. The molecule has 0 amide bonds.